The first-order chi connectivity index (χ1) is 8.54. The highest BCUT2D eigenvalue weighted by Gasteiger charge is 2.13. The minimum absolute atomic E-state index is 0.0509. The van der Waals surface area contributed by atoms with Crippen LogP contribution >= 0.6 is 0 Å². The number of ether oxygens (including phenoxy) is 1. The van der Waals surface area contributed by atoms with E-state index in [-0.39, 0.29) is 18.9 Å². The first-order valence-corrected chi connectivity index (χ1v) is 5.23. The highest BCUT2D eigenvalue weighted by atomic mass is 16.5. The molecule has 1 amide bonds. The number of aliphatic hydroxyl groups excluding tert-OH is 1. The van der Waals surface area contributed by atoms with Gasteiger partial charge in [0, 0.05) is 25.2 Å². The van der Waals surface area contributed by atoms with E-state index in [9.17, 15) is 9.59 Å². The number of amides is 1. The standard InChI is InChI=1S/C11H14N2O5/c1-18-9-3-2-7(6-13-9)10(15)12-5-4-8(14)11(16)17/h2-3,6,8,14H,4-5H2,1H3,(H,12,15)(H,16,17)/t8-/m0/s1. The zero-order valence-electron chi connectivity index (χ0n) is 9.79. The van der Waals surface area contributed by atoms with E-state index in [0.717, 1.165) is 0 Å². The number of hydrogen-bond acceptors (Lipinski definition) is 5. The Balaban J connectivity index is 2.42. The van der Waals surface area contributed by atoms with Gasteiger partial charge in [0.15, 0.2) is 6.10 Å². The number of aliphatic carboxylic acids is 1. The third-order valence-electron chi connectivity index (χ3n) is 2.20. The second-order valence-electron chi connectivity index (χ2n) is 3.49. The summed E-state index contributed by atoms with van der Waals surface area (Å²) in [7, 11) is 1.47. The summed E-state index contributed by atoms with van der Waals surface area (Å²) in [5.41, 5.74) is 0.334. The molecule has 98 valence electrons. The SMILES string of the molecule is COc1ccc(C(=O)NCC[C@H](O)C(=O)O)cn1. The second kappa shape index (κ2) is 6.55. The van der Waals surface area contributed by atoms with E-state index in [1.54, 1.807) is 6.07 Å². The van der Waals surface area contributed by atoms with E-state index in [4.69, 9.17) is 14.9 Å². The fraction of sp³-hybridized carbons (Fsp3) is 0.364. The van der Waals surface area contributed by atoms with Gasteiger partial charge >= 0.3 is 5.97 Å². The third-order valence-corrected chi connectivity index (χ3v) is 2.20. The van der Waals surface area contributed by atoms with Crippen LogP contribution in [0.1, 0.15) is 16.8 Å². The molecule has 0 aliphatic heterocycles. The number of carbonyl (C=O) groups excluding carboxylic acids is 1. The summed E-state index contributed by atoms with van der Waals surface area (Å²) in [5, 5.41) is 19.9. The molecule has 1 atom stereocenters. The maximum Gasteiger partial charge on any atom is 0.332 e. The van der Waals surface area contributed by atoms with E-state index in [2.05, 4.69) is 10.3 Å². The van der Waals surface area contributed by atoms with Crippen LogP contribution < -0.4 is 10.1 Å². The van der Waals surface area contributed by atoms with Gasteiger partial charge in [0.25, 0.3) is 5.91 Å². The molecule has 0 spiro atoms. The Labute approximate surface area is 103 Å². The molecule has 7 nitrogen and oxygen atoms in total. The van der Waals surface area contributed by atoms with Gasteiger partial charge in [-0.25, -0.2) is 9.78 Å². The number of carboxylic acid groups (broad SMARTS) is 1. The smallest absolute Gasteiger partial charge is 0.332 e. The van der Waals surface area contributed by atoms with Crippen molar-refractivity contribution < 1.29 is 24.5 Å². The number of methoxy groups -OCH3 is 1. The average Bonchev–Trinajstić information content (AvgIpc) is 2.38. The Bertz CT molecular complexity index is 418. The first kappa shape index (κ1) is 13.9. The Morgan fingerprint density at radius 2 is 2.22 bits per heavy atom. The van der Waals surface area contributed by atoms with Crippen molar-refractivity contribution in [3.63, 3.8) is 0 Å². The van der Waals surface area contributed by atoms with Crippen molar-refractivity contribution in [3.8, 4) is 5.88 Å². The monoisotopic (exact) mass is 254 g/mol. The van der Waals surface area contributed by atoms with Gasteiger partial charge in [-0.2, -0.15) is 0 Å². The van der Waals surface area contributed by atoms with E-state index < -0.39 is 12.1 Å². The van der Waals surface area contributed by atoms with Crippen LogP contribution in [0.5, 0.6) is 5.88 Å². The van der Waals surface area contributed by atoms with Gasteiger partial charge < -0.3 is 20.3 Å². The molecule has 0 bridgehead atoms. The molecule has 1 heterocycles. The molecule has 3 N–H and O–H groups in total. The fourth-order valence-electron chi connectivity index (χ4n) is 1.18. The lowest BCUT2D eigenvalue weighted by molar-refractivity contribution is -0.146. The minimum Gasteiger partial charge on any atom is -0.481 e. The molecule has 1 rings (SSSR count). The summed E-state index contributed by atoms with van der Waals surface area (Å²) >= 11 is 0. The molecule has 0 saturated heterocycles. The topological polar surface area (TPSA) is 109 Å². The Morgan fingerprint density at radius 1 is 1.50 bits per heavy atom. The number of pyridine rings is 1. The predicted molar refractivity (Wildman–Crippen MR) is 61.4 cm³/mol. The number of nitrogens with zero attached hydrogens (tertiary/aromatic N) is 1. The number of carbonyl (C=O) groups is 2. The molecule has 7 heteroatoms. The highest BCUT2D eigenvalue weighted by molar-refractivity contribution is 5.93. The van der Waals surface area contributed by atoms with E-state index in [1.165, 1.54) is 19.4 Å². The Morgan fingerprint density at radius 3 is 2.72 bits per heavy atom. The van der Waals surface area contributed by atoms with Crippen molar-refractivity contribution in [1.82, 2.24) is 10.3 Å². The van der Waals surface area contributed by atoms with Crippen molar-refractivity contribution in [2.45, 2.75) is 12.5 Å². The number of hydrogen-bond donors (Lipinski definition) is 3. The number of rotatable bonds is 6. The molecule has 0 fully saturated rings. The predicted octanol–water partition coefficient (Wildman–Crippen LogP) is -0.344. The zero-order chi connectivity index (χ0) is 13.5. The van der Waals surface area contributed by atoms with Gasteiger partial charge in [0.1, 0.15) is 0 Å². The van der Waals surface area contributed by atoms with Crippen LogP contribution in [0.3, 0.4) is 0 Å². The van der Waals surface area contributed by atoms with Crippen LogP contribution in [0.15, 0.2) is 18.3 Å². The molecule has 18 heavy (non-hydrogen) atoms. The van der Waals surface area contributed by atoms with Gasteiger partial charge in [-0.3, -0.25) is 4.79 Å². The van der Waals surface area contributed by atoms with Crippen molar-refractivity contribution in [1.29, 1.82) is 0 Å². The lowest BCUT2D eigenvalue weighted by Crippen LogP contribution is -2.30. The summed E-state index contributed by atoms with van der Waals surface area (Å²) in [5.74, 6) is -1.30. The number of nitrogens with one attached hydrogen (secondary N) is 1. The van der Waals surface area contributed by atoms with Gasteiger partial charge in [-0.15, -0.1) is 0 Å². The van der Waals surface area contributed by atoms with Crippen molar-refractivity contribution in [2.24, 2.45) is 0 Å². The normalized spacial score (nSPS) is 11.7. The van der Waals surface area contributed by atoms with Gasteiger partial charge in [0.05, 0.1) is 12.7 Å². The van der Waals surface area contributed by atoms with Gasteiger partial charge in [-0.1, -0.05) is 0 Å². The number of aliphatic hydroxyl groups is 1. The zero-order valence-corrected chi connectivity index (χ0v) is 9.79. The Kier molecular flexibility index (Phi) is 5.06. The van der Waals surface area contributed by atoms with Crippen LogP contribution in [0, 0.1) is 0 Å². The third kappa shape index (κ3) is 4.02. The second-order valence-corrected chi connectivity index (χ2v) is 3.49. The van der Waals surface area contributed by atoms with Crippen molar-refractivity contribution >= 4 is 11.9 Å². The first-order valence-electron chi connectivity index (χ1n) is 5.23. The quantitative estimate of drug-likeness (QED) is 0.640. The largest absolute Gasteiger partial charge is 0.481 e. The minimum atomic E-state index is -1.47. The maximum atomic E-state index is 11.6. The molecule has 0 saturated carbocycles. The molecule has 1 aromatic heterocycles. The summed E-state index contributed by atoms with van der Waals surface area (Å²) < 4.78 is 4.85. The van der Waals surface area contributed by atoms with Gasteiger partial charge in [-0.05, 0) is 6.07 Å². The molecular formula is C11H14N2O5. The number of aromatic nitrogens is 1. The number of carboxylic acids is 1. The van der Waals surface area contributed by atoms with Crippen LogP contribution in [0.2, 0.25) is 0 Å². The maximum absolute atomic E-state index is 11.6. The van der Waals surface area contributed by atoms with Crippen LogP contribution in [-0.4, -0.2) is 46.8 Å². The molecule has 1 aromatic rings. The van der Waals surface area contributed by atoms with Crippen LogP contribution in [0.25, 0.3) is 0 Å². The lowest BCUT2D eigenvalue weighted by atomic mass is 10.2. The summed E-state index contributed by atoms with van der Waals surface area (Å²) in [6.45, 7) is 0.0678. The average molecular weight is 254 g/mol. The van der Waals surface area contributed by atoms with Crippen LogP contribution in [0.4, 0.5) is 0 Å². The molecular weight excluding hydrogens is 240 g/mol. The molecule has 0 aromatic carbocycles. The van der Waals surface area contributed by atoms with Crippen molar-refractivity contribution in [3.05, 3.63) is 23.9 Å². The van der Waals surface area contributed by atoms with Crippen molar-refractivity contribution in [2.75, 3.05) is 13.7 Å². The molecule has 0 unspecified atom stereocenters. The van der Waals surface area contributed by atoms with Gasteiger partial charge in [0.2, 0.25) is 5.88 Å². The molecule has 0 aliphatic rings. The Hall–Kier alpha value is -2.15. The fourth-order valence-corrected chi connectivity index (χ4v) is 1.18. The summed E-state index contributed by atoms with van der Waals surface area (Å²) in [6, 6.07) is 3.08. The van der Waals surface area contributed by atoms with E-state index in [0.29, 0.717) is 11.4 Å². The van der Waals surface area contributed by atoms with E-state index in [1.807, 2.05) is 0 Å². The summed E-state index contributed by atoms with van der Waals surface area (Å²) in [4.78, 5) is 25.8. The lowest BCUT2D eigenvalue weighted by Gasteiger charge is -2.07. The molecule has 0 radical (unpaired) electrons. The summed E-state index contributed by atoms with van der Waals surface area (Å²) in [6.07, 6.45) is -0.175. The van der Waals surface area contributed by atoms with E-state index >= 15 is 0 Å². The highest BCUT2D eigenvalue weighted by Crippen LogP contribution is 2.06. The molecule has 0 aliphatic carbocycles. The van der Waals surface area contributed by atoms with Crippen LogP contribution in [-0.2, 0) is 4.79 Å².